The number of nitrogens with one attached hydrogen (secondary N) is 1. The van der Waals surface area contributed by atoms with E-state index in [0.717, 1.165) is 38.2 Å². The molecule has 0 bridgehead atoms. The summed E-state index contributed by atoms with van der Waals surface area (Å²) in [7, 11) is 0. The maximum atomic E-state index is 9.58. The van der Waals surface area contributed by atoms with Crippen LogP contribution in [0.1, 0.15) is 25.3 Å². The Morgan fingerprint density at radius 3 is 2.90 bits per heavy atom. The van der Waals surface area contributed by atoms with Crippen LogP contribution in [0.25, 0.3) is 11.3 Å². The van der Waals surface area contributed by atoms with Crippen molar-refractivity contribution in [2.24, 2.45) is 5.41 Å². The second-order valence-electron chi connectivity index (χ2n) is 6.42. The third-order valence-electron chi connectivity index (χ3n) is 4.42. The van der Waals surface area contributed by atoms with E-state index in [4.69, 9.17) is 0 Å². The smallest absolute Gasteiger partial charge is 0.0695 e. The van der Waals surface area contributed by atoms with Crippen LogP contribution in [0.3, 0.4) is 0 Å². The Bertz CT molecular complexity index is 581. The lowest BCUT2D eigenvalue weighted by atomic mass is 9.82. The summed E-state index contributed by atoms with van der Waals surface area (Å²) in [4.78, 5) is 2.43. The van der Waals surface area contributed by atoms with Crippen molar-refractivity contribution >= 4 is 0 Å². The van der Waals surface area contributed by atoms with E-state index in [1.165, 1.54) is 11.1 Å². The fraction of sp³-hybridized carbons (Fsp3) is 0.471. The van der Waals surface area contributed by atoms with Crippen LogP contribution < -0.4 is 0 Å². The highest BCUT2D eigenvalue weighted by atomic mass is 16.3. The van der Waals surface area contributed by atoms with E-state index in [9.17, 15) is 5.11 Å². The SMILES string of the molecule is CC1(CO)CCCN(Cc2cn[nH]c2-c2ccccc2)C1. The number of aliphatic hydroxyl groups excluding tert-OH is 1. The first-order chi connectivity index (χ1) is 10.2. The molecule has 1 unspecified atom stereocenters. The Labute approximate surface area is 125 Å². The molecule has 0 radical (unpaired) electrons. The van der Waals surface area contributed by atoms with Gasteiger partial charge < -0.3 is 5.11 Å². The number of piperidine rings is 1. The molecular weight excluding hydrogens is 262 g/mol. The van der Waals surface area contributed by atoms with Crippen molar-refractivity contribution in [3.05, 3.63) is 42.1 Å². The van der Waals surface area contributed by atoms with Gasteiger partial charge in [0.2, 0.25) is 0 Å². The number of benzene rings is 1. The van der Waals surface area contributed by atoms with Crippen LogP contribution in [0, 0.1) is 5.41 Å². The number of nitrogens with zero attached hydrogens (tertiary/aromatic N) is 2. The summed E-state index contributed by atoms with van der Waals surface area (Å²) in [5.41, 5.74) is 3.54. The first-order valence-corrected chi connectivity index (χ1v) is 7.61. The molecule has 3 rings (SSSR count). The summed E-state index contributed by atoms with van der Waals surface area (Å²) in [6.07, 6.45) is 4.18. The van der Waals surface area contributed by atoms with E-state index >= 15 is 0 Å². The molecule has 0 amide bonds. The molecule has 1 atom stereocenters. The molecule has 2 N–H and O–H groups in total. The standard InChI is InChI=1S/C17H23N3O/c1-17(13-21)8-5-9-20(12-17)11-15-10-18-19-16(15)14-6-3-2-4-7-14/h2-4,6-7,10,21H,5,8-9,11-13H2,1H3,(H,18,19). The van der Waals surface area contributed by atoms with Gasteiger partial charge in [0.15, 0.2) is 0 Å². The van der Waals surface area contributed by atoms with Crippen molar-refractivity contribution in [2.75, 3.05) is 19.7 Å². The number of rotatable bonds is 4. The van der Waals surface area contributed by atoms with Crippen molar-refractivity contribution in [1.82, 2.24) is 15.1 Å². The molecule has 1 fully saturated rings. The molecule has 0 saturated carbocycles. The van der Waals surface area contributed by atoms with Gasteiger partial charge in [-0.15, -0.1) is 0 Å². The van der Waals surface area contributed by atoms with Crippen LogP contribution >= 0.6 is 0 Å². The number of aromatic nitrogens is 2. The molecule has 1 aliphatic heterocycles. The highest BCUT2D eigenvalue weighted by Crippen LogP contribution is 2.30. The third-order valence-corrected chi connectivity index (χ3v) is 4.42. The second-order valence-corrected chi connectivity index (χ2v) is 6.42. The summed E-state index contributed by atoms with van der Waals surface area (Å²) >= 11 is 0. The molecule has 1 saturated heterocycles. The van der Waals surface area contributed by atoms with Gasteiger partial charge in [-0.2, -0.15) is 5.10 Å². The van der Waals surface area contributed by atoms with Crippen LogP contribution in [-0.4, -0.2) is 39.9 Å². The van der Waals surface area contributed by atoms with Gasteiger partial charge in [-0.05, 0) is 24.9 Å². The fourth-order valence-electron chi connectivity index (χ4n) is 3.22. The largest absolute Gasteiger partial charge is 0.396 e. The number of aromatic amines is 1. The number of aliphatic hydroxyl groups is 1. The first kappa shape index (κ1) is 14.3. The molecule has 1 aliphatic rings. The molecule has 21 heavy (non-hydrogen) atoms. The molecule has 2 heterocycles. The quantitative estimate of drug-likeness (QED) is 0.908. The van der Waals surface area contributed by atoms with E-state index in [2.05, 4.69) is 34.2 Å². The van der Waals surface area contributed by atoms with Crippen molar-refractivity contribution in [2.45, 2.75) is 26.3 Å². The van der Waals surface area contributed by atoms with E-state index < -0.39 is 0 Å². The van der Waals surface area contributed by atoms with E-state index in [0.29, 0.717) is 0 Å². The lowest BCUT2D eigenvalue weighted by Gasteiger charge is -2.39. The molecule has 4 nitrogen and oxygen atoms in total. The van der Waals surface area contributed by atoms with Crippen molar-refractivity contribution in [1.29, 1.82) is 0 Å². The normalized spacial score (nSPS) is 23.3. The van der Waals surface area contributed by atoms with Crippen molar-refractivity contribution in [3.8, 4) is 11.3 Å². The van der Waals surface area contributed by atoms with Gasteiger partial charge in [0.25, 0.3) is 0 Å². The van der Waals surface area contributed by atoms with Crippen molar-refractivity contribution < 1.29 is 5.11 Å². The number of hydrogen-bond donors (Lipinski definition) is 2. The summed E-state index contributed by atoms with van der Waals surface area (Å²) in [5.74, 6) is 0. The lowest BCUT2D eigenvalue weighted by molar-refractivity contribution is 0.0430. The topological polar surface area (TPSA) is 52.1 Å². The number of likely N-dealkylation sites (tertiary alicyclic amines) is 1. The van der Waals surface area contributed by atoms with Crippen LogP contribution in [-0.2, 0) is 6.54 Å². The zero-order valence-corrected chi connectivity index (χ0v) is 12.5. The van der Waals surface area contributed by atoms with Gasteiger partial charge in [0.05, 0.1) is 11.9 Å². The second kappa shape index (κ2) is 6.00. The molecule has 1 aromatic carbocycles. The zero-order valence-electron chi connectivity index (χ0n) is 12.5. The van der Waals surface area contributed by atoms with Crippen LogP contribution in [0.4, 0.5) is 0 Å². The van der Waals surface area contributed by atoms with E-state index in [1.807, 2.05) is 24.4 Å². The highest BCUT2D eigenvalue weighted by Gasteiger charge is 2.30. The Kier molecular flexibility index (Phi) is 4.08. The van der Waals surface area contributed by atoms with Gasteiger partial charge in [-0.3, -0.25) is 10.00 Å². The van der Waals surface area contributed by atoms with Gasteiger partial charge in [-0.25, -0.2) is 0 Å². The van der Waals surface area contributed by atoms with Gasteiger partial charge in [-0.1, -0.05) is 37.3 Å². The monoisotopic (exact) mass is 285 g/mol. The minimum Gasteiger partial charge on any atom is -0.396 e. The molecule has 112 valence electrons. The Morgan fingerprint density at radius 1 is 1.33 bits per heavy atom. The summed E-state index contributed by atoms with van der Waals surface area (Å²) in [5, 5.41) is 16.9. The number of hydrogen-bond acceptors (Lipinski definition) is 3. The Hall–Kier alpha value is -1.65. The van der Waals surface area contributed by atoms with Crippen LogP contribution in [0.2, 0.25) is 0 Å². The Morgan fingerprint density at radius 2 is 2.14 bits per heavy atom. The highest BCUT2D eigenvalue weighted by molar-refractivity contribution is 5.62. The molecule has 0 spiro atoms. The van der Waals surface area contributed by atoms with E-state index in [1.54, 1.807) is 0 Å². The maximum absolute atomic E-state index is 9.58. The zero-order chi connectivity index (χ0) is 14.7. The minimum absolute atomic E-state index is 0.0366. The maximum Gasteiger partial charge on any atom is 0.0695 e. The predicted molar refractivity (Wildman–Crippen MR) is 83.7 cm³/mol. The summed E-state index contributed by atoms with van der Waals surface area (Å²) in [6.45, 7) is 5.36. The van der Waals surface area contributed by atoms with Gasteiger partial charge in [0.1, 0.15) is 0 Å². The average molecular weight is 285 g/mol. The lowest BCUT2D eigenvalue weighted by Crippen LogP contribution is -2.43. The Balaban J connectivity index is 1.76. The number of H-pyrrole nitrogens is 1. The first-order valence-electron chi connectivity index (χ1n) is 7.61. The predicted octanol–water partition coefficient (Wildman–Crippen LogP) is 2.67. The molecule has 1 aromatic heterocycles. The summed E-state index contributed by atoms with van der Waals surface area (Å²) < 4.78 is 0. The molecule has 0 aliphatic carbocycles. The van der Waals surface area contributed by atoms with Gasteiger partial charge in [0, 0.05) is 30.7 Å². The molecule has 2 aromatic rings. The van der Waals surface area contributed by atoms with Crippen molar-refractivity contribution in [3.63, 3.8) is 0 Å². The summed E-state index contributed by atoms with van der Waals surface area (Å²) in [6, 6.07) is 10.3. The van der Waals surface area contributed by atoms with Gasteiger partial charge >= 0.3 is 0 Å². The molecular formula is C17H23N3O. The fourth-order valence-corrected chi connectivity index (χ4v) is 3.22. The minimum atomic E-state index is 0.0366. The average Bonchev–Trinajstić information content (AvgIpc) is 2.96. The van der Waals surface area contributed by atoms with Crippen LogP contribution in [0.5, 0.6) is 0 Å². The van der Waals surface area contributed by atoms with Crippen LogP contribution in [0.15, 0.2) is 36.5 Å². The third kappa shape index (κ3) is 3.17. The van der Waals surface area contributed by atoms with E-state index in [-0.39, 0.29) is 12.0 Å². The molecule has 4 heteroatoms.